The van der Waals surface area contributed by atoms with Gasteiger partial charge in [-0.25, -0.2) is 22.8 Å². The summed E-state index contributed by atoms with van der Waals surface area (Å²) in [6.07, 6.45) is -2.25. The molecule has 0 radical (unpaired) electrons. The van der Waals surface area contributed by atoms with Crippen molar-refractivity contribution in [1.29, 1.82) is 0 Å². The molecule has 0 saturated carbocycles. The van der Waals surface area contributed by atoms with E-state index in [0.29, 0.717) is 18.9 Å². The third-order valence-corrected chi connectivity index (χ3v) is 7.64. The number of benzene rings is 1. The molecule has 2 fully saturated rings. The molecule has 2 aromatic heterocycles. The predicted octanol–water partition coefficient (Wildman–Crippen LogP) is 3.85. The number of nitrogens with one attached hydrogen (secondary N) is 1. The minimum absolute atomic E-state index is 0.200. The number of aromatic nitrogens is 3. The molecular formula is C24H22F5N5O4S. The molecular weight excluding hydrogens is 549 g/mol. The third-order valence-electron chi connectivity index (χ3n) is 6.53. The molecule has 2 aliphatic rings. The molecule has 0 amide bonds. The summed E-state index contributed by atoms with van der Waals surface area (Å²) in [6, 6.07) is 5.43. The van der Waals surface area contributed by atoms with Gasteiger partial charge < -0.3 is 19.7 Å². The van der Waals surface area contributed by atoms with E-state index < -0.39 is 39.3 Å². The van der Waals surface area contributed by atoms with Crippen LogP contribution >= 0.6 is 0 Å². The van der Waals surface area contributed by atoms with E-state index in [2.05, 4.69) is 20.3 Å². The first kappa shape index (κ1) is 27.0. The van der Waals surface area contributed by atoms with Crippen LogP contribution in [0, 0.1) is 23.5 Å². The number of halogens is 5. The van der Waals surface area contributed by atoms with Crippen LogP contribution in [0.1, 0.15) is 5.56 Å². The van der Waals surface area contributed by atoms with Crippen LogP contribution in [0.3, 0.4) is 0 Å². The lowest BCUT2D eigenvalue weighted by atomic mass is 9.84. The topological polar surface area (TPSA) is 107 Å². The molecule has 0 aliphatic carbocycles. The molecule has 4 heterocycles. The highest BCUT2D eigenvalue weighted by atomic mass is 32.2. The standard InChI is InChI=1S/C24H22F5N5O4S/c1-39(35,36)16-3-4-18(17(25)6-16)33-22-20(26)23(32-12-31-22)38-21-13-8-34(9-14(21)11-37-10-13)19-5-2-15(7-30-19)24(27,28)29/h2-7,12-14,21H,8-11H2,1H3,(H,31,32,33). The molecule has 2 aliphatic heterocycles. The summed E-state index contributed by atoms with van der Waals surface area (Å²) in [5.41, 5.74) is -1.04. The summed E-state index contributed by atoms with van der Waals surface area (Å²) in [5, 5.41) is 2.49. The highest BCUT2D eigenvalue weighted by Gasteiger charge is 2.43. The minimum Gasteiger partial charge on any atom is -0.471 e. The molecule has 2 saturated heterocycles. The second kappa shape index (κ2) is 10.2. The number of anilines is 3. The number of ether oxygens (including phenoxy) is 2. The highest BCUT2D eigenvalue weighted by Crippen LogP contribution is 2.35. The first-order chi connectivity index (χ1) is 18.4. The normalized spacial score (nSPS) is 21.5. The summed E-state index contributed by atoms with van der Waals surface area (Å²) in [6.45, 7) is 1.23. The molecule has 5 rings (SSSR count). The number of pyridine rings is 1. The monoisotopic (exact) mass is 571 g/mol. The molecule has 208 valence electrons. The van der Waals surface area contributed by atoms with E-state index in [4.69, 9.17) is 9.47 Å². The predicted molar refractivity (Wildman–Crippen MR) is 128 cm³/mol. The highest BCUT2D eigenvalue weighted by molar-refractivity contribution is 7.90. The van der Waals surface area contributed by atoms with Gasteiger partial charge >= 0.3 is 6.18 Å². The van der Waals surface area contributed by atoms with Crippen molar-refractivity contribution in [3.63, 3.8) is 0 Å². The van der Waals surface area contributed by atoms with E-state index in [-0.39, 0.29) is 47.3 Å². The van der Waals surface area contributed by atoms with Gasteiger partial charge in [-0.2, -0.15) is 22.5 Å². The molecule has 2 unspecified atom stereocenters. The van der Waals surface area contributed by atoms with Gasteiger partial charge in [-0.05, 0) is 30.3 Å². The Hall–Kier alpha value is -3.59. The molecule has 2 bridgehead atoms. The van der Waals surface area contributed by atoms with Crippen LogP contribution in [0.2, 0.25) is 0 Å². The van der Waals surface area contributed by atoms with Crippen LogP contribution < -0.4 is 15.0 Å². The Bertz CT molecular complexity index is 1460. The third kappa shape index (κ3) is 5.73. The lowest BCUT2D eigenvalue weighted by Crippen LogP contribution is -2.57. The van der Waals surface area contributed by atoms with Crippen molar-refractivity contribution in [3.8, 4) is 5.88 Å². The van der Waals surface area contributed by atoms with Gasteiger partial charge in [-0.3, -0.25) is 0 Å². The number of nitrogens with zero attached hydrogens (tertiary/aromatic N) is 4. The van der Waals surface area contributed by atoms with E-state index >= 15 is 4.39 Å². The van der Waals surface area contributed by atoms with Gasteiger partial charge in [0.1, 0.15) is 24.1 Å². The number of sulfone groups is 1. The lowest BCUT2D eigenvalue weighted by Gasteiger charge is -2.46. The van der Waals surface area contributed by atoms with E-state index in [1.807, 2.05) is 4.90 Å². The number of fused-ring (bicyclic) bond motifs is 2. The van der Waals surface area contributed by atoms with E-state index in [1.54, 1.807) is 0 Å². The van der Waals surface area contributed by atoms with Crippen LogP contribution in [0.15, 0.2) is 47.8 Å². The van der Waals surface area contributed by atoms with Crippen LogP contribution in [-0.4, -0.2) is 62.0 Å². The Morgan fingerprint density at radius 2 is 1.77 bits per heavy atom. The summed E-state index contributed by atoms with van der Waals surface area (Å²) < 4.78 is 103. The Balaban J connectivity index is 1.32. The van der Waals surface area contributed by atoms with Crippen molar-refractivity contribution in [1.82, 2.24) is 15.0 Å². The molecule has 1 N–H and O–H groups in total. The fourth-order valence-corrected chi connectivity index (χ4v) is 5.26. The van der Waals surface area contributed by atoms with Crippen molar-refractivity contribution < 1.29 is 39.8 Å². The quantitative estimate of drug-likeness (QED) is 0.442. The van der Waals surface area contributed by atoms with Gasteiger partial charge in [-0.1, -0.05) is 0 Å². The van der Waals surface area contributed by atoms with E-state index in [9.17, 15) is 26.0 Å². The van der Waals surface area contributed by atoms with Gasteiger partial charge in [0.2, 0.25) is 5.82 Å². The lowest BCUT2D eigenvalue weighted by molar-refractivity contribution is -0.137. The van der Waals surface area contributed by atoms with Crippen molar-refractivity contribution in [2.24, 2.45) is 11.8 Å². The smallest absolute Gasteiger partial charge is 0.417 e. The van der Waals surface area contributed by atoms with Crippen LogP contribution in [0.25, 0.3) is 0 Å². The maximum atomic E-state index is 15.3. The largest absolute Gasteiger partial charge is 0.471 e. The number of rotatable bonds is 6. The Morgan fingerprint density at radius 3 is 2.36 bits per heavy atom. The maximum absolute atomic E-state index is 15.3. The summed E-state index contributed by atoms with van der Waals surface area (Å²) >= 11 is 0. The van der Waals surface area contributed by atoms with Crippen LogP contribution in [0.4, 0.5) is 39.3 Å². The van der Waals surface area contributed by atoms with Crippen molar-refractivity contribution in [2.75, 3.05) is 42.8 Å². The minimum atomic E-state index is -4.49. The second-order valence-electron chi connectivity index (χ2n) is 9.33. The van der Waals surface area contributed by atoms with Gasteiger partial charge in [0.15, 0.2) is 15.7 Å². The van der Waals surface area contributed by atoms with Gasteiger partial charge in [0.25, 0.3) is 5.88 Å². The zero-order valence-corrected chi connectivity index (χ0v) is 21.1. The first-order valence-electron chi connectivity index (χ1n) is 11.7. The second-order valence-corrected chi connectivity index (χ2v) is 11.3. The molecule has 15 heteroatoms. The first-order valence-corrected chi connectivity index (χ1v) is 13.6. The summed E-state index contributed by atoms with van der Waals surface area (Å²) in [4.78, 5) is 13.3. The van der Waals surface area contributed by atoms with E-state index in [1.165, 1.54) is 12.1 Å². The Morgan fingerprint density at radius 1 is 1.05 bits per heavy atom. The average Bonchev–Trinajstić information content (AvgIpc) is 2.86. The zero-order valence-electron chi connectivity index (χ0n) is 20.3. The summed E-state index contributed by atoms with van der Waals surface area (Å²) in [5.74, 6) is -2.81. The fraction of sp³-hybridized carbons (Fsp3) is 0.375. The molecule has 9 nitrogen and oxygen atoms in total. The van der Waals surface area contributed by atoms with Crippen molar-refractivity contribution >= 4 is 27.2 Å². The SMILES string of the molecule is CS(=O)(=O)c1ccc(Nc2ncnc(OC3C4COCC3CN(c3ccc(C(F)(F)F)cn3)C4)c2F)c(F)c1. The number of hydrogen-bond donors (Lipinski definition) is 1. The summed E-state index contributed by atoms with van der Waals surface area (Å²) in [7, 11) is -3.63. The van der Waals surface area contributed by atoms with E-state index in [0.717, 1.165) is 37.0 Å². The maximum Gasteiger partial charge on any atom is 0.417 e. The van der Waals surface area contributed by atoms with Gasteiger partial charge in [0, 0.05) is 37.4 Å². The van der Waals surface area contributed by atoms with Crippen molar-refractivity contribution in [2.45, 2.75) is 17.2 Å². The van der Waals surface area contributed by atoms with Gasteiger partial charge in [0.05, 0.1) is 29.4 Å². The molecule has 2 atom stereocenters. The molecule has 39 heavy (non-hydrogen) atoms. The number of hydrogen-bond acceptors (Lipinski definition) is 9. The Labute approximate surface area is 219 Å². The molecule has 1 aromatic carbocycles. The van der Waals surface area contributed by atoms with Crippen LogP contribution in [0.5, 0.6) is 5.88 Å². The van der Waals surface area contributed by atoms with Crippen LogP contribution in [-0.2, 0) is 20.8 Å². The van der Waals surface area contributed by atoms with Gasteiger partial charge in [-0.15, -0.1) is 0 Å². The number of piperidine rings is 1. The molecule has 0 spiro atoms. The zero-order chi connectivity index (χ0) is 27.9. The average molecular weight is 572 g/mol. The fourth-order valence-electron chi connectivity index (χ4n) is 4.63. The van der Waals surface area contributed by atoms with Crippen molar-refractivity contribution in [3.05, 3.63) is 60.1 Å². The Kier molecular flexibility index (Phi) is 7.05. The number of alkyl halides is 3. The molecule has 3 aromatic rings.